The number of benzene rings is 1. The van der Waals surface area contributed by atoms with Crippen molar-refractivity contribution in [3.05, 3.63) is 24.3 Å². The van der Waals surface area contributed by atoms with Crippen molar-refractivity contribution in [1.29, 1.82) is 0 Å². The summed E-state index contributed by atoms with van der Waals surface area (Å²) in [6.45, 7) is 6.08. The van der Waals surface area contributed by atoms with Crippen LogP contribution in [0.25, 0.3) is 0 Å². The Morgan fingerprint density at radius 3 is 2.65 bits per heavy atom. The molecule has 1 atom stereocenters. The zero-order valence-electron chi connectivity index (χ0n) is 12.7. The summed E-state index contributed by atoms with van der Waals surface area (Å²) in [5.74, 6) is 0. The molecular formula is C15H25N3O2. The summed E-state index contributed by atoms with van der Waals surface area (Å²) in [5, 5.41) is 14.6. The van der Waals surface area contributed by atoms with E-state index < -0.39 is 0 Å². The van der Waals surface area contributed by atoms with Gasteiger partial charge in [0.05, 0.1) is 12.6 Å². The SMILES string of the molecule is CCC(CO)NC(=O)Nc1cccc(N(C)C(C)C)c1. The van der Waals surface area contributed by atoms with Crippen LogP contribution in [0.5, 0.6) is 0 Å². The first kappa shape index (κ1) is 16.3. The molecule has 1 rings (SSSR count). The maximum atomic E-state index is 11.8. The van der Waals surface area contributed by atoms with Crippen LogP contribution < -0.4 is 15.5 Å². The lowest BCUT2D eigenvalue weighted by atomic mass is 10.2. The Morgan fingerprint density at radius 1 is 1.40 bits per heavy atom. The molecule has 0 aromatic heterocycles. The molecule has 3 N–H and O–H groups in total. The van der Waals surface area contributed by atoms with Gasteiger partial charge < -0.3 is 20.6 Å². The molecule has 0 aliphatic rings. The van der Waals surface area contributed by atoms with E-state index in [4.69, 9.17) is 5.11 Å². The molecule has 112 valence electrons. The number of aliphatic hydroxyl groups is 1. The van der Waals surface area contributed by atoms with Crippen LogP contribution in [0.15, 0.2) is 24.3 Å². The van der Waals surface area contributed by atoms with Crippen LogP contribution in [0.4, 0.5) is 16.2 Å². The highest BCUT2D eigenvalue weighted by Crippen LogP contribution is 2.19. The summed E-state index contributed by atoms with van der Waals surface area (Å²) in [6, 6.07) is 7.57. The zero-order valence-corrected chi connectivity index (χ0v) is 12.7. The largest absolute Gasteiger partial charge is 0.394 e. The first-order valence-electron chi connectivity index (χ1n) is 6.99. The number of aliphatic hydroxyl groups excluding tert-OH is 1. The maximum absolute atomic E-state index is 11.8. The normalized spacial score (nSPS) is 12.1. The smallest absolute Gasteiger partial charge is 0.319 e. The third-order valence-electron chi connectivity index (χ3n) is 3.33. The third kappa shape index (κ3) is 4.74. The Hall–Kier alpha value is -1.75. The van der Waals surface area contributed by atoms with E-state index in [0.717, 1.165) is 11.4 Å². The fourth-order valence-corrected chi connectivity index (χ4v) is 1.73. The molecule has 0 bridgehead atoms. The number of amides is 2. The van der Waals surface area contributed by atoms with Gasteiger partial charge in [-0.05, 0) is 38.5 Å². The lowest BCUT2D eigenvalue weighted by molar-refractivity contribution is 0.222. The minimum atomic E-state index is -0.296. The quantitative estimate of drug-likeness (QED) is 0.749. The van der Waals surface area contributed by atoms with Gasteiger partial charge in [-0.2, -0.15) is 0 Å². The van der Waals surface area contributed by atoms with E-state index in [0.29, 0.717) is 12.5 Å². The number of carbonyl (C=O) groups is 1. The molecule has 0 heterocycles. The van der Waals surface area contributed by atoms with Gasteiger partial charge >= 0.3 is 6.03 Å². The lowest BCUT2D eigenvalue weighted by Crippen LogP contribution is -2.39. The molecule has 5 nitrogen and oxygen atoms in total. The van der Waals surface area contributed by atoms with E-state index in [9.17, 15) is 4.79 Å². The Kier molecular flexibility index (Phi) is 6.31. The van der Waals surface area contributed by atoms with E-state index in [2.05, 4.69) is 29.4 Å². The molecule has 0 radical (unpaired) electrons. The van der Waals surface area contributed by atoms with Crippen molar-refractivity contribution >= 4 is 17.4 Å². The second kappa shape index (κ2) is 7.75. The van der Waals surface area contributed by atoms with Crippen LogP contribution in [-0.4, -0.2) is 36.9 Å². The highest BCUT2D eigenvalue weighted by atomic mass is 16.3. The second-order valence-corrected chi connectivity index (χ2v) is 5.14. The first-order valence-corrected chi connectivity index (χ1v) is 6.99. The molecule has 2 amide bonds. The van der Waals surface area contributed by atoms with E-state index in [1.54, 1.807) is 0 Å². The number of rotatable bonds is 6. The van der Waals surface area contributed by atoms with Crippen molar-refractivity contribution in [2.24, 2.45) is 0 Å². The van der Waals surface area contributed by atoms with Crippen LogP contribution in [-0.2, 0) is 0 Å². The minimum absolute atomic E-state index is 0.0555. The summed E-state index contributed by atoms with van der Waals surface area (Å²) < 4.78 is 0. The fourth-order valence-electron chi connectivity index (χ4n) is 1.73. The van der Waals surface area contributed by atoms with Crippen LogP contribution in [0.3, 0.4) is 0 Å². The number of hydrogen-bond acceptors (Lipinski definition) is 3. The molecule has 5 heteroatoms. The van der Waals surface area contributed by atoms with Crippen LogP contribution >= 0.6 is 0 Å². The number of hydrogen-bond donors (Lipinski definition) is 3. The summed E-state index contributed by atoms with van der Waals surface area (Å²) in [7, 11) is 2.02. The van der Waals surface area contributed by atoms with Gasteiger partial charge in [-0.15, -0.1) is 0 Å². The van der Waals surface area contributed by atoms with E-state index in [1.165, 1.54) is 0 Å². The summed E-state index contributed by atoms with van der Waals surface area (Å²) in [6.07, 6.45) is 0.694. The minimum Gasteiger partial charge on any atom is -0.394 e. The predicted octanol–water partition coefficient (Wildman–Crippen LogP) is 2.42. The van der Waals surface area contributed by atoms with Crippen LogP contribution in [0.1, 0.15) is 27.2 Å². The number of nitrogens with one attached hydrogen (secondary N) is 2. The number of nitrogens with zero attached hydrogens (tertiary/aromatic N) is 1. The number of urea groups is 1. The van der Waals surface area contributed by atoms with Crippen molar-refractivity contribution in [3.8, 4) is 0 Å². The fraction of sp³-hybridized carbons (Fsp3) is 0.533. The maximum Gasteiger partial charge on any atom is 0.319 e. The monoisotopic (exact) mass is 279 g/mol. The van der Waals surface area contributed by atoms with Crippen molar-refractivity contribution in [2.75, 3.05) is 23.9 Å². The average Bonchev–Trinajstić information content (AvgIpc) is 2.44. The molecule has 1 aromatic carbocycles. The molecule has 0 aliphatic carbocycles. The van der Waals surface area contributed by atoms with Crippen molar-refractivity contribution < 1.29 is 9.90 Å². The summed E-state index contributed by atoms with van der Waals surface area (Å²) in [4.78, 5) is 13.9. The highest BCUT2D eigenvalue weighted by Gasteiger charge is 2.10. The zero-order chi connectivity index (χ0) is 15.1. The van der Waals surface area contributed by atoms with Gasteiger partial charge in [0, 0.05) is 24.5 Å². The molecular weight excluding hydrogens is 254 g/mol. The lowest BCUT2D eigenvalue weighted by Gasteiger charge is -2.24. The van der Waals surface area contributed by atoms with Gasteiger partial charge in [0.25, 0.3) is 0 Å². The van der Waals surface area contributed by atoms with Crippen molar-refractivity contribution in [1.82, 2.24) is 5.32 Å². The predicted molar refractivity (Wildman–Crippen MR) is 83.3 cm³/mol. The van der Waals surface area contributed by atoms with Gasteiger partial charge in [-0.3, -0.25) is 0 Å². The van der Waals surface area contributed by atoms with Gasteiger partial charge in [-0.25, -0.2) is 4.79 Å². The Bertz CT molecular complexity index is 431. The van der Waals surface area contributed by atoms with Crippen LogP contribution in [0.2, 0.25) is 0 Å². The molecule has 20 heavy (non-hydrogen) atoms. The van der Waals surface area contributed by atoms with E-state index in [-0.39, 0.29) is 18.7 Å². The van der Waals surface area contributed by atoms with Crippen molar-refractivity contribution in [2.45, 2.75) is 39.3 Å². The van der Waals surface area contributed by atoms with E-state index >= 15 is 0 Å². The summed E-state index contributed by atoms with van der Waals surface area (Å²) >= 11 is 0. The third-order valence-corrected chi connectivity index (χ3v) is 3.33. The summed E-state index contributed by atoms with van der Waals surface area (Å²) in [5.41, 5.74) is 1.78. The number of carbonyl (C=O) groups excluding carboxylic acids is 1. The second-order valence-electron chi connectivity index (χ2n) is 5.14. The Morgan fingerprint density at radius 2 is 2.10 bits per heavy atom. The van der Waals surface area contributed by atoms with Gasteiger partial charge in [0.2, 0.25) is 0 Å². The average molecular weight is 279 g/mol. The Balaban J connectivity index is 2.68. The van der Waals surface area contributed by atoms with E-state index in [1.807, 2.05) is 38.2 Å². The topological polar surface area (TPSA) is 64.6 Å². The molecule has 1 unspecified atom stereocenters. The molecule has 0 saturated heterocycles. The van der Waals surface area contributed by atoms with Gasteiger partial charge in [0.1, 0.15) is 0 Å². The first-order chi connectivity index (χ1) is 9.47. The standard InChI is InChI=1S/C15H25N3O2/c1-5-12(10-19)16-15(20)17-13-7-6-8-14(9-13)18(4)11(2)3/h6-9,11-12,19H,5,10H2,1-4H3,(H2,16,17,20). The van der Waals surface area contributed by atoms with Gasteiger partial charge in [-0.1, -0.05) is 13.0 Å². The molecule has 1 aromatic rings. The van der Waals surface area contributed by atoms with Crippen molar-refractivity contribution in [3.63, 3.8) is 0 Å². The van der Waals surface area contributed by atoms with Crippen LogP contribution in [0, 0.1) is 0 Å². The molecule has 0 saturated carbocycles. The Labute approximate surface area is 121 Å². The number of anilines is 2. The highest BCUT2D eigenvalue weighted by molar-refractivity contribution is 5.90. The molecule has 0 spiro atoms. The molecule has 0 fully saturated rings. The molecule has 0 aliphatic heterocycles. The van der Waals surface area contributed by atoms with Gasteiger partial charge in [0.15, 0.2) is 0 Å².